The van der Waals surface area contributed by atoms with E-state index in [2.05, 4.69) is 25.2 Å². The zero-order valence-corrected chi connectivity index (χ0v) is 19.8. The summed E-state index contributed by atoms with van der Waals surface area (Å²) < 4.78 is 12.1. The van der Waals surface area contributed by atoms with E-state index < -0.39 is 0 Å². The predicted molar refractivity (Wildman–Crippen MR) is 136 cm³/mol. The quantitative estimate of drug-likeness (QED) is 0.391. The summed E-state index contributed by atoms with van der Waals surface area (Å²) in [6.07, 6.45) is 5.17. The first-order valence-corrected chi connectivity index (χ1v) is 12.0. The van der Waals surface area contributed by atoms with Crippen LogP contribution < -0.4 is 15.8 Å². The van der Waals surface area contributed by atoms with Crippen LogP contribution in [0, 0.1) is 0 Å². The van der Waals surface area contributed by atoms with Crippen LogP contribution in [0.2, 0.25) is 0 Å². The molecule has 0 bridgehead atoms. The van der Waals surface area contributed by atoms with Crippen LogP contribution in [0.3, 0.4) is 0 Å². The minimum atomic E-state index is -0.193. The van der Waals surface area contributed by atoms with Crippen LogP contribution in [-0.4, -0.2) is 69.5 Å². The van der Waals surface area contributed by atoms with Gasteiger partial charge in [0.05, 0.1) is 29.8 Å². The molecule has 11 heteroatoms. The Labute approximate surface area is 205 Å². The van der Waals surface area contributed by atoms with Crippen LogP contribution >= 0.6 is 24.0 Å². The van der Waals surface area contributed by atoms with Gasteiger partial charge in [0.25, 0.3) is 5.91 Å². The van der Waals surface area contributed by atoms with Crippen LogP contribution in [0.4, 0.5) is 5.95 Å². The van der Waals surface area contributed by atoms with Crippen molar-refractivity contribution in [1.29, 1.82) is 0 Å². The van der Waals surface area contributed by atoms with Gasteiger partial charge in [0, 0.05) is 37.0 Å². The van der Waals surface area contributed by atoms with E-state index in [4.69, 9.17) is 27.4 Å². The number of fused-ring (bicyclic) bond motifs is 1. The van der Waals surface area contributed by atoms with Gasteiger partial charge < -0.3 is 20.5 Å². The normalized spacial score (nSPS) is 17.9. The minimum absolute atomic E-state index is 0.187. The summed E-state index contributed by atoms with van der Waals surface area (Å²) in [5, 5.41) is 2.64. The van der Waals surface area contributed by atoms with Crippen LogP contribution in [0.15, 0.2) is 41.6 Å². The molecule has 3 N–H and O–H groups in total. The number of carbonyl (C=O) groups is 1. The van der Waals surface area contributed by atoms with Gasteiger partial charge in [-0.1, -0.05) is 30.0 Å². The van der Waals surface area contributed by atoms with Crippen LogP contribution in [0.5, 0.6) is 5.75 Å². The highest BCUT2D eigenvalue weighted by atomic mass is 32.2. The number of carbonyl (C=O) groups excluding carboxylic acids is 1. The fourth-order valence-electron chi connectivity index (χ4n) is 3.75. The number of nitrogens with two attached hydrogens (primary N) is 1. The van der Waals surface area contributed by atoms with Gasteiger partial charge in [0.1, 0.15) is 22.2 Å². The van der Waals surface area contributed by atoms with Crippen molar-refractivity contribution in [1.82, 2.24) is 25.2 Å². The van der Waals surface area contributed by atoms with Crippen molar-refractivity contribution >= 4 is 57.3 Å². The first-order chi connectivity index (χ1) is 16.5. The molecule has 174 valence electrons. The molecule has 5 rings (SSSR count). The number of benzene rings is 1. The lowest BCUT2D eigenvalue weighted by Gasteiger charge is -2.26. The van der Waals surface area contributed by atoms with Crippen LogP contribution in [0.1, 0.15) is 5.56 Å². The van der Waals surface area contributed by atoms with E-state index in [1.807, 2.05) is 30.3 Å². The Morgan fingerprint density at radius 2 is 2.06 bits per heavy atom. The average Bonchev–Trinajstić information content (AvgIpc) is 3.16. The maximum absolute atomic E-state index is 12.1. The van der Waals surface area contributed by atoms with Gasteiger partial charge in [-0.25, -0.2) is 9.97 Å². The molecule has 0 atom stereocenters. The molecule has 1 aromatic carbocycles. The second-order valence-electron chi connectivity index (χ2n) is 7.77. The van der Waals surface area contributed by atoms with E-state index >= 15 is 0 Å². The molecule has 1 amide bonds. The third-order valence-corrected chi connectivity index (χ3v) is 6.64. The summed E-state index contributed by atoms with van der Waals surface area (Å²) in [6.45, 7) is 4.65. The fraction of sp³-hybridized carbons (Fsp3) is 0.261. The van der Waals surface area contributed by atoms with Gasteiger partial charge in [-0.05, 0) is 29.8 Å². The Balaban J connectivity index is 1.47. The van der Waals surface area contributed by atoms with Gasteiger partial charge in [0.2, 0.25) is 5.95 Å². The van der Waals surface area contributed by atoms with Gasteiger partial charge in [-0.3, -0.25) is 14.7 Å². The Kier molecular flexibility index (Phi) is 6.68. The van der Waals surface area contributed by atoms with Crippen molar-refractivity contribution in [2.24, 2.45) is 0 Å². The zero-order valence-electron chi connectivity index (χ0n) is 18.2. The minimum Gasteiger partial charge on any atom is -0.492 e. The molecule has 0 radical (unpaired) electrons. The van der Waals surface area contributed by atoms with Crippen LogP contribution in [0.25, 0.3) is 28.2 Å². The van der Waals surface area contributed by atoms with Gasteiger partial charge >= 0.3 is 0 Å². The third kappa shape index (κ3) is 5.17. The number of pyridine rings is 1. The number of anilines is 1. The summed E-state index contributed by atoms with van der Waals surface area (Å²) in [6, 6.07) is 7.72. The number of nitrogen functional groups attached to an aromatic ring is 1. The smallest absolute Gasteiger partial charge is 0.263 e. The van der Waals surface area contributed by atoms with Gasteiger partial charge in [0.15, 0.2) is 0 Å². The molecule has 2 aliphatic rings. The molecule has 2 fully saturated rings. The molecule has 3 aromatic rings. The molecular formula is C23H22N6O3S2. The Morgan fingerprint density at radius 1 is 1.21 bits per heavy atom. The highest BCUT2D eigenvalue weighted by molar-refractivity contribution is 8.26. The summed E-state index contributed by atoms with van der Waals surface area (Å²) in [5.41, 5.74) is 9.58. The standard InChI is InChI=1S/C23H22N6O3S2/c24-22-26-13-18-17(27-22)11-15(12-25-18)16-9-14(10-20-21(30)28-23(33)34-20)1-2-19(16)32-8-5-29-3-6-31-7-4-29/h1-2,9-13H,3-8H2,(H2,24,26,27)(H,28,30,33). The average molecular weight is 495 g/mol. The number of aromatic nitrogens is 3. The number of thioether (sulfide) groups is 1. The van der Waals surface area contributed by atoms with Gasteiger partial charge in [-0.15, -0.1) is 0 Å². The highest BCUT2D eigenvalue weighted by Gasteiger charge is 2.22. The number of thiocarbonyl (C=S) groups is 1. The second-order valence-corrected chi connectivity index (χ2v) is 9.49. The molecule has 9 nitrogen and oxygen atoms in total. The number of amides is 1. The third-order valence-electron chi connectivity index (χ3n) is 5.47. The van der Waals surface area contributed by atoms with Crippen LogP contribution in [-0.2, 0) is 9.53 Å². The van der Waals surface area contributed by atoms with E-state index in [9.17, 15) is 4.79 Å². The topological polar surface area (TPSA) is 115 Å². The molecule has 2 aliphatic heterocycles. The number of morpholine rings is 1. The predicted octanol–water partition coefficient (Wildman–Crippen LogP) is 2.47. The highest BCUT2D eigenvalue weighted by Crippen LogP contribution is 2.34. The number of rotatable bonds is 6. The van der Waals surface area contributed by atoms with E-state index in [-0.39, 0.29) is 11.9 Å². The lowest BCUT2D eigenvalue weighted by atomic mass is 10.0. The lowest BCUT2D eigenvalue weighted by molar-refractivity contribution is -0.115. The van der Waals surface area contributed by atoms with Crippen molar-refractivity contribution in [3.63, 3.8) is 0 Å². The number of nitrogens with one attached hydrogen (secondary N) is 1. The van der Waals surface area contributed by atoms with E-state index in [1.165, 1.54) is 11.8 Å². The summed E-state index contributed by atoms with van der Waals surface area (Å²) in [5.74, 6) is 0.715. The zero-order chi connectivity index (χ0) is 23.5. The van der Waals surface area contributed by atoms with Crippen molar-refractivity contribution in [3.8, 4) is 16.9 Å². The largest absolute Gasteiger partial charge is 0.492 e. The molecule has 2 aromatic heterocycles. The van der Waals surface area contributed by atoms with Crippen molar-refractivity contribution in [2.75, 3.05) is 45.2 Å². The Morgan fingerprint density at radius 3 is 2.85 bits per heavy atom. The molecule has 2 saturated heterocycles. The lowest BCUT2D eigenvalue weighted by Crippen LogP contribution is -2.38. The molecule has 4 heterocycles. The SMILES string of the molecule is Nc1ncc2ncc(-c3cc(C=C4SC(=S)NC4=O)ccc3OCCN3CCOCC3)cc2n1. The Hall–Kier alpha value is -3.12. The monoisotopic (exact) mass is 494 g/mol. The molecule has 34 heavy (non-hydrogen) atoms. The Bertz CT molecular complexity index is 1290. The maximum Gasteiger partial charge on any atom is 0.263 e. The number of ether oxygens (including phenoxy) is 2. The molecule has 0 unspecified atom stereocenters. The van der Waals surface area contributed by atoms with Gasteiger partial charge in [-0.2, -0.15) is 0 Å². The first kappa shape index (κ1) is 22.7. The molecular weight excluding hydrogens is 472 g/mol. The molecule has 0 aliphatic carbocycles. The maximum atomic E-state index is 12.1. The fourth-order valence-corrected chi connectivity index (χ4v) is 4.79. The second kappa shape index (κ2) is 10.0. The molecule has 0 saturated carbocycles. The first-order valence-electron chi connectivity index (χ1n) is 10.8. The van der Waals surface area contributed by atoms with E-state index in [0.717, 1.165) is 55.3 Å². The van der Waals surface area contributed by atoms with Crippen molar-refractivity contribution in [2.45, 2.75) is 0 Å². The van der Waals surface area contributed by atoms with Crippen molar-refractivity contribution < 1.29 is 14.3 Å². The molecule has 0 spiro atoms. The number of nitrogens with zero attached hydrogens (tertiary/aromatic N) is 4. The van der Waals surface area contributed by atoms with Crippen molar-refractivity contribution in [3.05, 3.63) is 47.1 Å². The summed E-state index contributed by atoms with van der Waals surface area (Å²) in [7, 11) is 0. The van der Waals surface area contributed by atoms with E-state index in [0.29, 0.717) is 26.9 Å². The van der Waals surface area contributed by atoms with E-state index in [1.54, 1.807) is 12.4 Å². The summed E-state index contributed by atoms with van der Waals surface area (Å²) in [4.78, 5) is 27.8. The number of hydrogen-bond donors (Lipinski definition) is 2. The number of hydrogen-bond acceptors (Lipinski definition) is 10. The summed E-state index contributed by atoms with van der Waals surface area (Å²) >= 11 is 6.35.